The quantitative estimate of drug-likeness (QED) is 0.359. The summed E-state index contributed by atoms with van der Waals surface area (Å²) in [5.41, 5.74) is 1.87. The zero-order valence-corrected chi connectivity index (χ0v) is 22.7. The van der Waals surface area contributed by atoms with Crippen molar-refractivity contribution in [3.63, 3.8) is 0 Å². The molecule has 2 heterocycles. The molecule has 0 aliphatic rings. The van der Waals surface area contributed by atoms with Gasteiger partial charge in [0.1, 0.15) is 26.9 Å². The van der Waals surface area contributed by atoms with E-state index in [4.69, 9.17) is 0 Å². The number of hydrogen-bond acceptors (Lipinski definition) is 8. The van der Waals surface area contributed by atoms with Gasteiger partial charge in [-0.25, -0.2) is 4.98 Å². The van der Waals surface area contributed by atoms with E-state index in [0.717, 1.165) is 16.9 Å². The van der Waals surface area contributed by atoms with Gasteiger partial charge in [-0.2, -0.15) is 5.26 Å². The predicted octanol–water partition coefficient (Wildman–Crippen LogP) is 1.36. The number of benzene rings is 1. The zero-order chi connectivity index (χ0) is 27.7. The maximum absolute atomic E-state index is 12.9. The van der Waals surface area contributed by atoms with E-state index < -0.39 is 5.91 Å². The first-order valence-electron chi connectivity index (χ1n) is 12.2. The third kappa shape index (κ3) is 7.38. The van der Waals surface area contributed by atoms with Crippen molar-refractivity contribution in [3.05, 3.63) is 73.1 Å². The van der Waals surface area contributed by atoms with Gasteiger partial charge >= 0.3 is 0 Å². The van der Waals surface area contributed by atoms with Crippen molar-refractivity contribution in [1.29, 1.82) is 5.26 Å². The number of anilines is 2. The summed E-state index contributed by atoms with van der Waals surface area (Å²) in [4.78, 5) is 44.0. The topological polar surface area (TPSA) is 132 Å². The Hall–Kier alpha value is -4.27. The van der Waals surface area contributed by atoms with Crippen LogP contribution in [0.1, 0.15) is 25.0 Å². The smallest absolute Gasteiger partial charge is 0.270 e. The molecule has 0 aliphatic heterocycles. The largest absolute Gasteiger partial charge is 0.352 e. The van der Waals surface area contributed by atoms with E-state index in [1.54, 1.807) is 32.0 Å². The molecule has 10 nitrogen and oxygen atoms in total. The highest BCUT2D eigenvalue weighted by molar-refractivity contribution is 7.07. The highest BCUT2D eigenvalue weighted by Gasteiger charge is 2.14. The standard InChI is InChI=1S/C27H31N7O3S/c1-5-29-25(36)20(14-28)27-34(6-2)26(37)21(38-27)15-30-22-11-8-12-23(31-22)32-24(35)17-33(4)16-19-10-7-9-18(3)13-19/h7-13,15H,5-6,16-17H2,1-4H3,(H,29,36)(H2,30,31,32,35)/b21-15+,27-20-. The second-order valence-electron chi connectivity index (χ2n) is 8.57. The number of hydrogen-bond donors (Lipinski definition) is 3. The van der Waals surface area contributed by atoms with Crippen LogP contribution in [-0.4, -0.2) is 46.4 Å². The molecular weight excluding hydrogens is 502 g/mol. The first kappa shape index (κ1) is 28.3. The van der Waals surface area contributed by atoms with Gasteiger partial charge in [-0.15, -0.1) is 11.3 Å². The number of nitrogens with zero attached hydrogens (tertiary/aromatic N) is 4. The van der Waals surface area contributed by atoms with Crippen LogP contribution in [0.4, 0.5) is 11.6 Å². The van der Waals surface area contributed by atoms with E-state index in [0.29, 0.717) is 40.5 Å². The second kappa shape index (κ2) is 13.3. The first-order valence-corrected chi connectivity index (χ1v) is 13.0. The number of likely N-dealkylation sites (N-methyl/N-ethyl adjacent to an activating group) is 1. The van der Waals surface area contributed by atoms with E-state index in [2.05, 4.69) is 27.0 Å². The molecule has 0 atom stereocenters. The number of aromatic nitrogens is 2. The van der Waals surface area contributed by atoms with Gasteiger partial charge in [-0.3, -0.25) is 23.9 Å². The van der Waals surface area contributed by atoms with Crippen molar-refractivity contribution in [2.24, 2.45) is 0 Å². The van der Waals surface area contributed by atoms with Crippen LogP contribution >= 0.6 is 11.3 Å². The molecule has 0 spiro atoms. The minimum atomic E-state index is -0.521. The number of aryl methyl sites for hydroxylation is 1. The summed E-state index contributed by atoms with van der Waals surface area (Å²) in [5.74, 6) is 0.0630. The number of carbonyl (C=O) groups excluding carboxylic acids is 2. The van der Waals surface area contributed by atoms with Crippen molar-refractivity contribution in [1.82, 2.24) is 19.8 Å². The lowest BCUT2D eigenvalue weighted by atomic mass is 10.1. The molecule has 0 fully saturated rings. The zero-order valence-electron chi connectivity index (χ0n) is 21.9. The van der Waals surface area contributed by atoms with Crippen LogP contribution in [0.5, 0.6) is 0 Å². The number of carbonyl (C=O) groups is 2. The highest BCUT2D eigenvalue weighted by atomic mass is 32.1. The minimum absolute atomic E-state index is 0.106. The van der Waals surface area contributed by atoms with Gasteiger partial charge in [0.05, 0.1) is 6.54 Å². The molecule has 198 valence electrons. The van der Waals surface area contributed by atoms with Crippen LogP contribution in [-0.2, 0) is 22.7 Å². The molecule has 0 radical (unpaired) electrons. The molecule has 1 aromatic carbocycles. The summed E-state index contributed by atoms with van der Waals surface area (Å²) in [7, 11) is 1.88. The Labute approximate surface area is 224 Å². The molecule has 38 heavy (non-hydrogen) atoms. The van der Waals surface area contributed by atoms with Crippen molar-refractivity contribution in [3.8, 4) is 6.07 Å². The van der Waals surface area contributed by atoms with E-state index in [9.17, 15) is 19.6 Å². The van der Waals surface area contributed by atoms with Crippen molar-refractivity contribution in [2.75, 3.05) is 30.8 Å². The molecule has 0 bridgehead atoms. The molecule has 3 aromatic rings. The maximum atomic E-state index is 12.9. The summed E-state index contributed by atoms with van der Waals surface area (Å²) < 4.78 is 2.00. The molecule has 0 saturated heterocycles. The number of amides is 2. The number of pyridine rings is 1. The Balaban J connectivity index is 1.74. The summed E-state index contributed by atoms with van der Waals surface area (Å²) in [5, 5.41) is 17.9. The van der Waals surface area contributed by atoms with Gasteiger partial charge in [0, 0.05) is 25.8 Å². The Kier molecular flexibility index (Phi) is 9.92. The van der Waals surface area contributed by atoms with Crippen molar-refractivity contribution in [2.45, 2.75) is 33.9 Å². The van der Waals surface area contributed by atoms with Crippen LogP contribution in [0.25, 0.3) is 11.8 Å². The van der Waals surface area contributed by atoms with Crippen molar-refractivity contribution >= 4 is 46.6 Å². The maximum Gasteiger partial charge on any atom is 0.270 e. The summed E-state index contributed by atoms with van der Waals surface area (Å²) in [6.45, 7) is 7.07. The number of nitrogens with one attached hydrogen (secondary N) is 3. The average molecular weight is 534 g/mol. The lowest BCUT2D eigenvalue weighted by Gasteiger charge is -2.16. The molecular formula is C27H31N7O3S. The van der Waals surface area contributed by atoms with Gasteiger partial charge in [0.25, 0.3) is 11.5 Å². The van der Waals surface area contributed by atoms with E-state index in [1.807, 2.05) is 43.1 Å². The molecule has 2 amide bonds. The summed E-state index contributed by atoms with van der Waals surface area (Å²) in [6, 6.07) is 15.2. The van der Waals surface area contributed by atoms with E-state index in [1.165, 1.54) is 16.3 Å². The molecule has 0 saturated carbocycles. The molecule has 11 heteroatoms. The predicted molar refractivity (Wildman–Crippen MR) is 150 cm³/mol. The lowest BCUT2D eigenvalue weighted by Crippen LogP contribution is -2.34. The van der Waals surface area contributed by atoms with Gasteiger partial charge in [0.2, 0.25) is 5.91 Å². The van der Waals surface area contributed by atoms with E-state index in [-0.39, 0.29) is 23.6 Å². The minimum Gasteiger partial charge on any atom is -0.352 e. The van der Waals surface area contributed by atoms with E-state index >= 15 is 0 Å². The fraction of sp³-hybridized carbons (Fsp3) is 0.296. The fourth-order valence-corrected chi connectivity index (χ4v) is 4.85. The number of rotatable bonds is 10. The van der Waals surface area contributed by atoms with Crippen LogP contribution in [0.2, 0.25) is 0 Å². The lowest BCUT2D eigenvalue weighted by molar-refractivity contribution is -0.117. The molecule has 3 N–H and O–H groups in total. The molecule has 2 aromatic heterocycles. The SMILES string of the molecule is CCNC(=O)/C(C#N)=c1\s/c(=C/Nc2cccc(NC(=O)CN(C)Cc3cccc(C)c3)n2)c(=O)n1CC. The van der Waals surface area contributed by atoms with Gasteiger partial charge < -0.3 is 16.0 Å². The molecule has 0 unspecified atom stereocenters. The van der Waals surface area contributed by atoms with Crippen LogP contribution in [0, 0.1) is 18.3 Å². The second-order valence-corrected chi connectivity index (χ2v) is 9.60. The summed E-state index contributed by atoms with van der Waals surface area (Å²) >= 11 is 1.05. The van der Waals surface area contributed by atoms with Gasteiger partial charge in [0.15, 0.2) is 5.57 Å². The van der Waals surface area contributed by atoms with Gasteiger partial charge in [-0.1, -0.05) is 35.9 Å². The van der Waals surface area contributed by atoms with Crippen LogP contribution in [0.15, 0.2) is 47.3 Å². The van der Waals surface area contributed by atoms with Gasteiger partial charge in [-0.05, 0) is 45.5 Å². The monoisotopic (exact) mass is 533 g/mol. The Bertz CT molecular complexity index is 1530. The number of nitriles is 1. The first-order chi connectivity index (χ1) is 18.2. The Morgan fingerprint density at radius 1 is 1.18 bits per heavy atom. The molecule has 3 rings (SSSR count). The normalized spacial score (nSPS) is 12.2. The Morgan fingerprint density at radius 2 is 1.92 bits per heavy atom. The third-order valence-electron chi connectivity index (χ3n) is 5.43. The Morgan fingerprint density at radius 3 is 2.61 bits per heavy atom. The number of thiazole rings is 1. The summed E-state index contributed by atoms with van der Waals surface area (Å²) in [6.07, 6.45) is 1.49. The van der Waals surface area contributed by atoms with Crippen LogP contribution in [0.3, 0.4) is 0 Å². The van der Waals surface area contributed by atoms with Crippen LogP contribution < -0.4 is 30.7 Å². The highest BCUT2D eigenvalue weighted by Crippen LogP contribution is 2.10. The molecule has 0 aliphatic carbocycles. The third-order valence-corrected chi connectivity index (χ3v) is 6.56. The van der Waals surface area contributed by atoms with Crippen molar-refractivity contribution < 1.29 is 9.59 Å². The fourth-order valence-electron chi connectivity index (χ4n) is 3.77. The average Bonchev–Trinajstić information content (AvgIpc) is 3.18.